The van der Waals surface area contributed by atoms with Crippen LogP contribution in [0.25, 0.3) is 0 Å². The first-order valence-electron chi connectivity index (χ1n) is 5.69. The number of aryl methyl sites for hydroxylation is 2. The zero-order valence-electron chi connectivity index (χ0n) is 10.6. The van der Waals surface area contributed by atoms with Crippen LogP contribution in [0.1, 0.15) is 17.0 Å². The number of H-pyrrole nitrogens is 1. The van der Waals surface area contributed by atoms with Crippen LogP contribution in [0.3, 0.4) is 0 Å². The number of aromatic amines is 1. The Morgan fingerprint density at radius 3 is 2.63 bits per heavy atom. The van der Waals surface area contributed by atoms with Gasteiger partial charge in [0.15, 0.2) is 0 Å². The Kier molecular flexibility index (Phi) is 3.59. The molecule has 1 heterocycles. The van der Waals surface area contributed by atoms with Gasteiger partial charge in [0.2, 0.25) is 0 Å². The van der Waals surface area contributed by atoms with Gasteiger partial charge >= 0.3 is 0 Å². The van der Waals surface area contributed by atoms with Crippen LogP contribution in [-0.2, 0) is 16.6 Å². The molecule has 2 rings (SSSR count). The van der Waals surface area contributed by atoms with Crippen molar-refractivity contribution in [3.05, 3.63) is 41.2 Å². The Morgan fingerprint density at radius 1 is 1.32 bits per heavy atom. The Hall–Kier alpha value is -1.86. The largest absolute Gasteiger partial charge is 0.390 e. The summed E-state index contributed by atoms with van der Waals surface area (Å²) in [6.07, 6.45) is 0. The highest BCUT2D eigenvalue weighted by Crippen LogP contribution is 2.23. The van der Waals surface area contributed by atoms with Crippen LogP contribution in [0.4, 0.5) is 5.69 Å². The van der Waals surface area contributed by atoms with E-state index in [0.29, 0.717) is 11.4 Å². The highest BCUT2D eigenvalue weighted by molar-refractivity contribution is 7.92. The quantitative estimate of drug-likeness (QED) is 0.787. The standard InChI is InChI=1S/C12H15N3O3S/c1-8-5-3-4-6-10(8)15-19(17,18)12-9(2)13-14-11(12)7-16/h3-6,15-16H,7H2,1-2H3,(H,13,14). The van der Waals surface area contributed by atoms with Gasteiger partial charge in [-0.05, 0) is 25.5 Å². The first kappa shape index (κ1) is 13.6. The lowest BCUT2D eigenvalue weighted by molar-refractivity contribution is 0.273. The summed E-state index contributed by atoms with van der Waals surface area (Å²) < 4.78 is 27.2. The van der Waals surface area contributed by atoms with Crippen LogP contribution in [0.2, 0.25) is 0 Å². The van der Waals surface area contributed by atoms with Crippen LogP contribution in [-0.4, -0.2) is 23.7 Å². The number of aromatic nitrogens is 2. The first-order valence-corrected chi connectivity index (χ1v) is 7.17. The molecule has 0 spiro atoms. The summed E-state index contributed by atoms with van der Waals surface area (Å²) in [4.78, 5) is -0.00162. The predicted molar refractivity (Wildman–Crippen MR) is 71.2 cm³/mol. The number of anilines is 1. The van der Waals surface area contributed by atoms with Gasteiger partial charge in [-0.2, -0.15) is 5.10 Å². The highest BCUT2D eigenvalue weighted by Gasteiger charge is 2.24. The number of rotatable bonds is 4. The molecule has 0 bridgehead atoms. The summed E-state index contributed by atoms with van der Waals surface area (Å²) in [6.45, 7) is 2.97. The monoisotopic (exact) mass is 281 g/mol. The fourth-order valence-electron chi connectivity index (χ4n) is 1.82. The molecule has 0 atom stereocenters. The molecule has 0 unspecified atom stereocenters. The van der Waals surface area contributed by atoms with E-state index in [4.69, 9.17) is 5.11 Å². The van der Waals surface area contributed by atoms with E-state index in [0.717, 1.165) is 5.56 Å². The zero-order chi connectivity index (χ0) is 14.0. The number of aliphatic hydroxyl groups is 1. The van der Waals surface area contributed by atoms with Gasteiger partial charge in [0.25, 0.3) is 10.0 Å². The van der Waals surface area contributed by atoms with Crippen LogP contribution >= 0.6 is 0 Å². The average Bonchev–Trinajstić information content (AvgIpc) is 2.74. The maximum absolute atomic E-state index is 12.3. The maximum atomic E-state index is 12.3. The van der Waals surface area contributed by atoms with Crippen molar-refractivity contribution in [1.29, 1.82) is 0 Å². The van der Waals surface area contributed by atoms with Crippen molar-refractivity contribution in [2.24, 2.45) is 0 Å². The van der Waals surface area contributed by atoms with E-state index in [-0.39, 0.29) is 10.6 Å². The van der Waals surface area contributed by atoms with E-state index in [2.05, 4.69) is 14.9 Å². The second kappa shape index (κ2) is 5.02. The molecule has 3 N–H and O–H groups in total. The van der Waals surface area contributed by atoms with Crippen molar-refractivity contribution in [3.8, 4) is 0 Å². The predicted octanol–water partition coefficient (Wildman–Crippen LogP) is 1.32. The summed E-state index contributed by atoms with van der Waals surface area (Å²) in [5.74, 6) is 0. The number of para-hydroxylation sites is 1. The number of nitrogens with zero attached hydrogens (tertiary/aromatic N) is 1. The third-order valence-electron chi connectivity index (χ3n) is 2.77. The third kappa shape index (κ3) is 2.61. The maximum Gasteiger partial charge on any atom is 0.265 e. The molecular formula is C12H15N3O3S. The number of hydrogen-bond donors (Lipinski definition) is 3. The highest BCUT2D eigenvalue weighted by atomic mass is 32.2. The van der Waals surface area contributed by atoms with Gasteiger partial charge in [0.1, 0.15) is 10.6 Å². The van der Waals surface area contributed by atoms with Gasteiger partial charge in [0, 0.05) is 0 Å². The molecule has 0 aliphatic carbocycles. The SMILES string of the molecule is Cc1ccccc1NS(=O)(=O)c1c(CO)n[nH]c1C. The fourth-order valence-corrected chi connectivity index (χ4v) is 3.31. The molecule has 0 amide bonds. The first-order chi connectivity index (χ1) is 8.95. The molecule has 102 valence electrons. The van der Waals surface area contributed by atoms with Crippen molar-refractivity contribution in [2.75, 3.05) is 4.72 Å². The minimum absolute atomic E-state index is 0.00162. The van der Waals surface area contributed by atoms with E-state index in [1.807, 2.05) is 19.1 Å². The fraction of sp³-hybridized carbons (Fsp3) is 0.250. The van der Waals surface area contributed by atoms with E-state index in [1.54, 1.807) is 19.1 Å². The molecule has 0 aliphatic rings. The molecular weight excluding hydrogens is 266 g/mol. The minimum atomic E-state index is -3.77. The summed E-state index contributed by atoms with van der Waals surface area (Å²) >= 11 is 0. The number of hydrogen-bond acceptors (Lipinski definition) is 4. The summed E-state index contributed by atoms with van der Waals surface area (Å²) in [7, 11) is -3.77. The lowest BCUT2D eigenvalue weighted by Gasteiger charge is -2.10. The van der Waals surface area contributed by atoms with E-state index < -0.39 is 16.6 Å². The summed E-state index contributed by atoms with van der Waals surface area (Å²) in [5.41, 5.74) is 1.83. The molecule has 7 heteroatoms. The van der Waals surface area contributed by atoms with E-state index in [1.165, 1.54) is 0 Å². The minimum Gasteiger partial charge on any atom is -0.390 e. The Morgan fingerprint density at radius 2 is 2.00 bits per heavy atom. The molecule has 1 aromatic carbocycles. The number of nitrogens with one attached hydrogen (secondary N) is 2. The van der Waals surface area contributed by atoms with Crippen molar-refractivity contribution in [1.82, 2.24) is 10.2 Å². The second-order valence-electron chi connectivity index (χ2n) is 4.20. The van der Waals surface area contributed by atoms with Crippen molar-refractivity contribution < 1.29 is 13.5 Å². The van der Waals surface area contributed by atoms with E-state index >= 15 is 0 Å². The van der Waals surface area contributed by atoms with Gasteiger partial charge in [-0.1, -0.05) is 18.2 Å². The molecule has 6 nitrogen and oxygen atoms in total. The number of aliphatic hydroxyl groups excluding tert-OH is 1. The van der Waals surface area contributed by atoms with Crippen LogP contribution in [0.5, 0.6) is 0 Å². The van der Waals surface area contributed by atoms with Gasteiger partial charge in [-0.3, -0.25) is 9.82 Å². The average molecular weight is 281 g/mol. The smallest absolute Gasteiger partial charge is 0.265 e. The van der Waals surface area contributed by atoms with Gasteiger partial charge < -0.3 is 5.11 Å². The van der Waals surface area contributed by atoms with Crippen LogP contribution in [0, 0.1) is 13.8 Å². The Balaban J connectivity index is 2.44. The topological polar surface area (TPSA) is 95.1 Å². The van der Waals surface area contributed by atoms with Crippen molar-refractivity contribution in [2.45, 2.75) is 25.3 Å². The molecule has 0 saturated heterocycles. The molecule has 0 radical (unpaired) electrons. The van der Waals surface area contributed by atoms with Crippen LogP contribution < -0.4 is 4.72 Å². The number of benzene rings is 1. The van der Waals surface area contributed by atoms with Gasteiger partial charge in [0.05, 0.1) is 18.0 Å². The molecule has 0 saturated carbocycles. The molecule has 0 aliphatic heterocycles. The Labute approximate surface area is 111 Å². The number of sulfonamides is 1. The lowest BCUT2D eigenvalue weighted by atomic mass is 10.2. The summed E-state index contributed by atoms with van der Waals surface area (Å²) in [6, 6.07) is 7.07. The van der Waals surface area contributed by atoms with Gasteiger partial charge in [-0.15, -0.1) is 0 Å². The second-order valence-corrected chi connectivity index (χ2v) is 5.82. The van der Waals surface area contributed by atoms with Gasteiger partial charge in [-0.25, -0.2) is 8.42 Å². The molecule has 1 aromatic heterocycles. The van der Waals surface area contributed by atoms with Crippen LogP contribution in [0.15, 0.2) is 29.2 Å². The third-order valence-corrected chi connectivity index (χ3v) is 4.34. The zero-order valence-corrected chi connectivity index (χ0v) is 11.5. The van der Waals surface area contributed by atoms with Crippen molar-refractivity contribution in [3.63, 3.8) is 0 Å². The molecule has 2 aromatic rings. The van der Waals surface area contributed by atoms with Crippen molar-refractivity contribution >= 4 is 15.7 Å². The normalized spacial score (nSPS) is 11.5. The Bertz CT molecular complexity index is 692. The molecule has 0 fully saturated rings. The summed E-state index contributed by atoms with van der Waals surface area (Å²) in [5, 5.41) is 15.5. The van der Waals surface area contributed by atoms with E-state index in [9.17, 15) is 8.42 Å². The molecule has 19 heavy (non-hydrogen) atoms. The lowest BCUT2D eigenvalue weighted by Crippen LogP contribution is -2.16.